The van der Waals surface area contributed by atoms with Crippen LogP contribution in [-0.2, 0) is 0 Å². The van der Waals surface area contributed by atoms with E-state index in [1.165, 1.54) is 44.3 Å². The van der Waals surface area contributed by atoms with Crippen LogP contribution in [0.1, 0.15) is 45.4 Å². The number of thioether (sulfide) groups is 1. The first-order valence-corrected chi connectivity index (χ1v) is 7.35. The van der Waals surface area contributed by atoms with Crippen LogP contribution in [0.2, 0.25) is 0 Å². The molecule has 14 heavy (non-hydrogen) atoms. The lowest BCUT2D eigenvalue weighted by atomic mass is 9.68. The Morgan fingerprint density at radius 1 is 1.36 bits per heavy atom. The fourth-order valence-electron chi connectivity index (χ4n) is 2.57. The third-order valence-corrected chi connectivity index (χ3v) is 4.63. The van der Waals surface area contributed by atoms with Crippen molar-refractivity contribution in [2.45, 2.75) is 45.4 Å². The van der Waals surface area contributed by atoms with Crippen LogP contribution in [0.25, 0.3) is 0 Å². The molecule has 1 saturated carbocycles. The van der Waals surface area contributed by atoms with Gasteiger partial charge in [0.25, 0.3) is 0 Å². The van der Waals surface area contributed by atoms with Crippen molar-refractivity contribution in [2.24, 2.45) is 17.1 Å². The van der Waals surface area contributed by atoms with Crippen LogP contribution in [0.4, 0.5) is 0 Å². The highest BCUT2D eigenvalue weighted by molar-refractivity contribution is 7.98. The van der Waals surface area contributed by atoms with Crippen molar-refractivity contribution in [2.75, 3.05) is 18.6 Å². The predicted octanol–water partition coefficient (Wildman–Crippen LogP) is 3.28. The molecular weight excluding hydrogens is 190 g/mol. The molecule has 84 valence electrons. The summed E-state index contributed by atoms with van der Waals surface area (Å²) in [6, 6.07) is 0. The van der Waals surface area contributed by atoms with Gasteiger partial charge >= 0.3 is 0 Å². The first-order chi connectivity index (χ1) is 6.76. The van der Waals surface area contributed by atoms with Gasteiger partial charge in [0.05, 0.1) is 0 Å². The molecule has 1 aliphatic carbocycles. The molecule has 1 fully saturated rings. The van der Waals surface area contributed by atoms with Crippen molar-refractivity contribution in [3.05, 3.63) is 0 Å². The Kier molecular flexibility index (Phi) is 5.32. The van der Waals surface area contributed by atoms with Crippen LogP contribution in [0.3, 0.4) is 0 Å². The van der Waals surface area contributed by atoms with Gasteiger partial charge in [-0.15, -0.1) is 0 Å². The van der Waals surface area contributed by atoms with Crippen LogP contribution >= 0.6 is 11.8 Å². The van der Waals surface area contributed by atoms with E-state index in [4.69, 9.17) is 5.73 Å². The molecule has 0 saturated heterocycles. The maximum atomic E-state index is 5.96. The number of hydrogen-bond acceptors (Lipinski definition) is 2. The van der Waals surface area contributed by atoms with Gasteiger partial charge in [-0.25, -0.2) is 0 Å². The Morgan fingerprint density at radius 3 is 2.43 bits per heavy atom. The van der Waals surface area contributed by atoms with E-state index in [2.05, 4.69) is 13.2 Å². The number of rotatable bonds is 5. The van der Waals surface area contributed by atoms with Crippen molar-refractivity contribution in [1.82, 2.24) is 0 Å². The molecule has 0 spiro atoms. The summed E-state index contributed by atoms with van der Waals surface area (Å²) in [6.45, 7) is 3.23. The molecule has 0 bridgehead atoms. The van der Waals surface area contributed by atoms with Crippen molar-refractivity contribution in [3.8, 4) is 0 Å². The molecule has 0 aromatic heterocycles. The Balaban J connectivity index is 2.39. The molecule has 2 heteroatoms. The second-order valence-electron chi connectivity index (χ2n) is 4.80. The maximum absolute atomic E-state index is 5.96. The smallest absolute Gasteiger partial charge is 0.00202 e. The highest BCUT2D eigenvalue weighted by Crippen LogP contribution is 2.42. The van der Waals surface area contributed by atoms with Crippen LogP contribution in [0.5, 0.6) is 0 Å². The zero-order valence-corrected chi connectivity index (χ0v) is 10.5. The normalized spacial score (nSPS) is 33.2. The second kappa shape index (κ2) is 6.02. The van der Waals surface area contributed by atoms with Crippen molar-refractivity contribution < 1.29 is 0 Å². The van der Waals surface area contributed by atoms with Gasteiger partial charge in [0.1, 0.15) is 0 Å². The molecule has 0 atom stereocenters. The quantitative estimate of drug-likeness (QED) is 0.761. The van der Waals surface area contributed by atoms with E-state index >= 15 is 0 Å². The van der Waals surface area contributed by atoms with Crippen molar-refractivity contribution >= 4 is 11.8 Å². The Labute approximate surface area is 93.2 Å². The molecule has 0 radical (unpaired) electrons. The van der Waals surface area contributed by atoms with E-state index in [0.717, 1.165) is 12.5 Å². The van der Waals surface area contributed by atoms with Gasteiger partial charge < -0.3 is 5.73 Å². The van der Waals surface area contributed by atoms with E-state index in [1.807, 2.05) is 11.8 Å². The lowest BCUT2D eigenvalue weighted by Gasteiger charge is -2.39. The van der Waals surface area contributed by atoms with E-state index in [0.29, 0.717) is 5.41 Å². The standard InChI is InChI=1S/C12H25NS/c1-3-11-4-6-12(10-13,7-5-11)8-9-14-2/h11H,3-10,13H2,1-2H3. The van der Waals surface area contributed by atoms with Gasteiger partial charge in [0, 0.05) is 0 Å². The van der Waals surface area contributed by atoms with Gasteiger partial charge in [0.15, 0.2) is 0 Å². The minimum Gasteiger partial charge on any atom is -0.330 e. The number of hydrogen-bond donors (Lipinski definition) is 1. The van der Waals surface area contributed by atoms with E-state index in [9.17, 15) is 0 Å². The molecule has 0 aromatic carbocycles. The second-order valence-corrected chi connectivity index (χ2v) is 5.78. The van der Waals surface area contributed by atoms with E-state index in [1.54, 1.807) is 0 Å². The highest BCUT2D eigenvalue weighted by atomic mass is 32.2. The first-order valence-electron chi connectivity index (χ1n) is 5.95. The molecule has 0 amide bonds. The fraction of sp³-hybridized carbons (Fsp3) is 1.00. The maximum Gasteiger partial charge on any atom is -0.00202 e. The average Bonchev–Trinajstić information content (AvgIpc) is 2.27. The van der Waals surface area contributed by atoms with Gasteiger partial charge in [-0.3, -0.25) is 0 Å². The summed E-state index contributed by atoms with van der Waals surface area (Å²) in [5.41, 5.74) is 6.47. The van der Waals surface area contributed by atoms with Crippen LogP contribution < -0.4 is 5.73 Å². The highest BCUT2D eigenvalue weighted by Gasteiger charge is 2.32. The lowest BCUT2D eigenvalue weighted by Crippen LogP contribution is -2.35. The molecule has 2 N–H and O–H groups in total. The molecule has 1 nitrogen and oxygen atoms in total. The monoisotopic (exact) mass is 215 g/mol. The Hall–Kier alpha value is 0.310. The van der Waals surface area contributed by atoms with Gasteiger partial charge in [-0.2, -0.15) is 11.8 Å². The molecule has 0 unspecified atom stereocenters. The Bertz CT molecular complexity index is 150. The molecule has 0 heterocycles. The molecule has 0 aromatic rings. The van der Waals surface area contributed by atoms with E-state index < -0.39 is 0 Å². The minimum absolute atomic E-state index is 0.509. The fourth-order valence-corrected chi connectivity index (χ4v) is 3.21. The lowest BCUT2D eigenvalue weighted by molar-refractivity contribution is 0.150. The summed E-state index contributed by atoms with van der Waals surface area (Å²) in [4.78, 5) is 0. The average molecular weight is 215 g/mol. The van der Waals surface area contributed by atoms with Gasteiger partial charge in [-0.1, -0.05) is 13.3 Å². The third-order valence-electron chi connectivity index (χ3n) is 4.01. The van der Waals surface area contributed by atoms with Crippen molar-refractivity contribution in [3.63, 3.8) is 0 Å². The Morgan fingerprint density at radius 2 is 2.00 bits per heavy atom. The topological polar surface area (TPSA) is 26.0 Å². The molecule has 1 rings (SSSR count). The summed E-state index contributed by atoms with van der Waals surface area (Å²) in [5, 5.41) is 0. The van der Waals surface area contributed by atoms with Crippen molar-refractivity contribution in [1.29, 1.82) is 0 Å². The zero-order valence-electron chi connectivity index (χ0n) is 9.72. The summed E-state index contributed by atoms with van der Waals surface area (Å²) in [6.07, 6.45) is 10.5. The number of nitrogens with two attached hydrogens (primary N) is 1. The van der Waals surface area contributed by atoms with Gasteiger partial charge in [0.2, 0.25) is 0 Å². The zero-order chi connectivity index (χ0) is 10.4. The largest absolute Gasteiger partial charge is 0.330 e. The van der Waals surface area contributed by atoms with Gasteiger partial charge in [-0.05, 0) is 62.0 Å². The summed E-state index contributed by atoms with van der Waals surface area (Å²) in [5.74, 6) is 2.28. The summed E-state index contributed by atoms with van der Waals surface area (Å²) in [7, 11) is 0. The first kappa shape index (κ1) is 12.4. The minimum atomic E-state index is 0.509. The van der Waals surface area contributed by atoms with Crippen LogP contribution in [-0.4, -0.2) is 18.6 Å². The SMILES string of the molecule is CCC1CCC(CN)(CCSC)CC1. The molecule has 0 aliphatic heterocycles. The predicted molar refractivity (Wildman–Crippen MR) is 66.7 cm³/mol. The van der Waals surface area contributed by atoms with Crippen LogP contribution in [0, 0.1) is 11.3 Å². The molecule has 1 aliphatic rings. The third kappa shape index (κ3) is 3.16. The molecular formula is C12H25NS. The van der Waals surface area contributed by atoms with Crippen LogP contribution in [0.15, 0.2) is 0 Å². The van der Waals surface area contributed by atoms with E-state index in [-0.39, 0.29) is 0 Å². The summed E-state index contributed by atoms with van der Waals surface area (Å²) >= 11 is 1.96. The summed E-state index contributed by atoms with van der Waals surface area (Å²) < 4.78 is 0.